The predicted octanol–water partition coefficient (Wildman–Crippen LogP) is -1.45. The third-order valence-corrected chi connectivity index (χ3v) is 20.8. The van der Waals surface area contributed by atoms with Crippen molar-refractivity contribution in [3.63, 3.8) is 0 Å². The Kier molecular flexibility index (Phi) is 29.8. The van der Waals surface area contributed by atoms with Crippen LogP contribution < -0.4 is 65.1 Å². The number of carbonyl (C=O) groups excluding carboxylic acids is 12. The van der Waals surface area contributed by atoms with E-state index in [-0.39, 0.29) is 70.7 Å². The van der Waals surface area contributed by atoms with E-state index in [4.69, 9.17) is 17.2 Å². The van der Waals surface area contributed by atoms with E-state index in [0.717, 1.165) is 21.6 Å². The molecular formula is C60H103N15O14S2. The highest BCUT2D eigenvalue weighted by Gasteiger charge is 2.56. The lowest BCUT2D eigenvalue weighted by Gasteiger charge is -2.37. The van der Waals surface area contributed by atoms with Gasteiger partial charge in [-0.3, -0.25) is 62.5 Å². The Balaban J connectivity index is 1.64. The summed E-state index contributed by atoms with van der Waals surface area (Å²) in [4.78, 5) is 176. The van der Waals surface area contributed by atoms with Crippen molar-refractivity contribution in [2.75, 3.05) is 39.4 Å². The minimum atomic E-state index is -1.57. The van der Waals surface area contributed by atoms with E-state index < -0.39 is 177 Å². The quantitative estimate of drug-likeness (QED) is 0.0215. The molecule has 0 unspecified atom stereocenters. The number of likely N-dealkylation sites (tertiary alicyclic amines) is 2. The number of aliphatic imine (C=N–C) groups is 1. The van der Waals surface area contributed by atoms with Crippen molar-refractivity contribution in [2.24, 2.45) is 45.4 Å². The van der Waals surface area contributed by atoms with Gasteiger partial charge < -0.3 is 85.1 Å². The minimum absolute atomic E-state index is 0.00904. The zero-order chi connectivity index (χ0) is 68.3. The van der Waals surface area contributed by atoms with Gasteiger partial charge in [-0.1, -0.05) is 103 Å². The summed E-state index contributed by atoms with van der Waals surface area (Å²) >= 11 is 0. The molecule has 1 aliphatic carbocycles. The largest absolute Gasteiger partial charge is 0.394 e. The molecule has 4 rings (SSSR count). The lowest BCUT2D eigenvalue weighted by Crippen LogP contribution is -2.64. The van der Waals surface area contributed by atoms with Gasteiger partial charge in [0.1, 0.15) is 53.9 Å². The number of hydrogen-bond donors (Lipinski definition) is 14. The first-order valence-electron chi connectivity index (χ1n) is 31.9. The van der Waals surface area contributed by atoms with Gasteiger partial charge in [0.2, 0.25) is 59.1 Å². The number of nitrogens with one attached hydrogen (secondary N) is 9. The number of amides is 11. The van der Waals surface area contributed by atoms with Crippen LogP contribution in [0.1, 0.15) is 166 Å². The monoisotopic (exact) mass is 1320 g/mol. The molecule has 31 heteroatoms. The van der Waals surface area contributed by atoms with Crippen LogP contribution in [0.2, 0.25) is 0 Å². The van der Waals surface area contributed by atoms with Crippen molar-refractivity contribution in [1.29, 1.82) is 0 Å². The van der Waals surface area contributed by atoms with Crippen LogP contribution in [-0.4, -0.2) is 206 Å². The first-order valence-corrected chi connectivity index (χ1v) is 34.1. The van der Waals surface area contributed by atoms with E-state index in [1.165, 1.54) is 9.80 Å². The fourth-order valence-electron chi connectivity index (χ4n) is 10.9. The highest BCUT2D eigenvalue weighted by molar-refractivity contribution is 8.77. The Morgan fingerprint density at radius 2 is 1.35 bits per heavy atom. The topological polar surface area (TPSA) is 450 Å². The number of Topliss-reactive ketones (excluding diaryl/α,β-unsaturated/α-hetero) is 1. The number of nitrogens with two attached hydrogens (primary N) is 3. The van der Waals surface area contributed by atoms with Crippen molar-refractivity contribution in [2.45, 2.75) is 236 Å². The van der Waals surface area contributed by atoms with E-state index in [9.17, 15) is 58.2 Å². The maximum absolute atomic E-state index is 15.1. The molecule has 3 aliphatic heterocycles. The van der Waals surface area contributed by atoms with Crippen molar-refractivity contribution in [1.82, 2.24) is 57.7 Å². The molecule has 29 nitrogen and oxygen atoms in total. The molecule has 0 radical (unpaired) electrons. The number of aliphatic hydroxyl groups is 2. The molecule has 17 N–H and O–H groups in total. The van der Waals surface area contributed by atoms with Crippen molar-refractivity contribution in [3.8, 4) is 0 Å². The SMILES string of the molecule is CC[C@H](C)[C@@H]1NC(=O)[C@@H](NC(=O)[C@@H](NC(=O)[C@@H]2CCCN2C(=O)[C@@H]2CCCN2C(=O)[C@H](CC(C)(C)C)NC(=O)[C@H](CO)NC(=O)[C@@H](N)CCCN=C(N)N)[C@@H](C)CC)C(C)(C)SS[C@@H](C(=O)N[C@]2(CO)CC2=O)NC(=O)[C@@H]([C@@H](C)CC)NC(=O)CCCCNC1=O. The lowest BCUT2D eigenvalue weighted by atomic mass is 9.87. The van der Waals surface area contributed by atoms with Gasteiger partial charge in [-0.05, 0) is 94.8 Å². The molecule has 11 amide bonds. The van der Waals surface area contributed by atoms with Gasteiger partial charge in [0.05, 0.1) is 24.0 Å². The zero-order valence-electron chi connectivity index (χ0n) is 54.8. The maximum atomic E-state index is 15.1. The van der Waals surface area contributed by atoms with E-state index in [1.807, 2.05) is 34.6 Å². The minimum Gasteiger partial charge on any atom is -0.394 e. The first-order chi connectivity index (χ1) is 42.7. The molecule has 3 heterocycles. The van der Waals surface area contributed by atoms with Gasteiger partial charge in [-0.15, -0.1) is 0 Å². The molecule has 0 aromatic rings. The summed E-state index contributed by atoms with van der Waals surface area (Å²) < 4.78 is -1.46. The van der Waals surface area contributed by atoms with Crippen molar-refractivity contribution >= 4 is 98.3 Å². The van der Waals surface area contributed by atoms with Crippen LogP contribution in [-0.2, 0) is 57.5 Å². The summed E-state index contributed by atoms with van der Waals surface area (Å²) in [5.74, 6) is -9.54. The summed E-state index contributed by atoms with van der Waals surface area (Å²) in [6.45, 7) is 18.5. The molecule has 1 saturated carbocycles. The Bertz CT molecular complexity index is 2640. The number of carbonyl (C=O) groups is 12. The van der Waals surface area contributed by atoms with Crippen LogP contribution in [0.3, 0.4) is 0 Å². The van der Waals surface area contributed by atoms with Gasteiger partial charge in [-0.2, -0.15) is 0 Å². The summed E-state index contributed by atoms with van der Waals surface area (Å²) in [6.07, 6.45) is 3.60. The number of rotatable bonds is 25. The van der Waals surface area contributed by atoms with Gasteiger partial charge >= 0.3 is 0 Å². The number of nitrogens with zero attached hydrogens (tertiary/aromatic N) is 3. The van der Waals surface area contributed by atoms with Crippen LogP contribution >= 0.6 is 21.6 Å². The Morgan fingerprint density at radius 1 is 0.747 bits per heavy atom. The Morgan fingerprint density at radius 3 is 1.92 bits per heavy atom. The fourth-order valence-corrected chi connectivity index (χ4v) is 13.6. The first kappa shape index (κ1) is 77.1. The molecule has 91 heavy (non-hydrogen) atoms. The molecule has 4 aliphatic rings. The van der Waals surface area contributed by atoms with E-state index in [2.05, 4.69) is 52.8 Å². The Hall–Kier alpha value is -6.31. The van der Waals surface area contributed by atoms with E-state index in [0.29, 0.717) is 51.4 Å². The standard InChI is InChI=1S/C60H103N15O14S2/c1-12-32(4)42-49(83)64-24-16-15-23-41(79)68-43(33(5)13-2)51(85)72-54(53(87)73-60(31-77)29-40(60)78)90-91-59(10,11)45(52(86)70-42)71-50(84)44(34(6)14-3)69-48(82)38-21-18-26-74(38)56(89)39-22-19-27-75(39)55(88)36(28-58(7,8)9)66-47(81)37(30-76)67-46(80)35(61)20-17-25-65-57(62)63/h32-39,42-45,54,76-77H,12-31,61H2,1-11H3,(H,64,83)(H,66,81)(H,67,80)(H,68,79)(H,69,82)(H,70,86)(H,71,84)(H,72,85)(H,73,87)(H4,62,63,65)/t32-,33-,34-,35-,36-,37-,38-,39-,42-,43+,44-,45+,54-,60-/m0/s1. The van der Waals surface area contributed by atoms with Gasteiger partial charge in [0.25, 0.3) is 5.91 Å². The second-order valence-corrected chi connectivity index (χ2v) is 29.3. The molecular weight excluding hydrogens is 1220 g/mol. The normalized spacial score (nSPS) is 25.9. The van der Waals surface area contributed by atoms with Crippen molar-refractivity contribution < 1.29 is 67.7 Å². The molecule has 514 valence electrons. The molecule has 14 atom stereocenters. The van der Waals surface area contributed by atoms with Crippen molar-refractivity contribution in [3.05, 3.63) is 0 Å². The Labute approximate surface area is 542 Å². The van der Waals surface area contributed by atoms with Crippen LogP contribution in [0.4, 0.5) is 0 Å². The molecule has 0 spiro atoms. The summed E-state index contributed by atoms with van der Waals surface area (Å²) in [6, 6.07) is -11.0. The number of ketones is 1. The fraction of sp³-hybridized carbons (Fsp3) is 0.783. The molecule has 3 saturated heterocycles. The average Bonchev–Trinajstić information content (AvgIpc) is 1.67. The molecule has 4 fully saturated rings. The second-order valence-electron chi connectivity index (χ2n) is 26.4. The van der Waals surface area contributed by atoms with Crippen LogP contribution in [0.15, 0.2) is 4.99 Å². The van der Waals surface area contributed by atoms with E-state index >= 15 is 9.59 Å². The average molecular weight is 1320 g/mol. The number of hydrogen-bond acceptors (Lipinski definition) is 18. The second kappa shape index (κ2) is 35.1. The summed E-state index contributed by atoms with van der Waals surface area (Å²) in [5.41, 5.74) is 14.7. The third-order valence-electron chi connectivity index (χ3n) is 17.4. The van der Waals surface area contributed by atoms with Gasteiger partial charge in [0, 0.05) is 39.0 Å². The van der Waals surface area contributed by atoms with Crippen LogP contribution in [0.5, 0.6) is 0 Å². The summed E-state index contributed by atoms with van der Waals surface area (Å²) in [7, 11) is 1.69. The molecule has 0 aromatic carbocycles. The molecule has 0 bridgehead atoms. The van der Waals surface area contributed by atoms with Gasteiger partial charge in [-0.25, -0.2) is 0 Å². The zero-order valence-corrected chi connectivity index (χ0v) is 56.5. The summed E-state index contributed by atoms with van der Waals surface area (Å²) in [5, 5.41) is 43.5. The lowest BCUT2D eigenvalue weighted by molar-refractivity contribution is -0.148. The molecule has 0 aromatic heterocycles. The van der Waals surface area contributed by atoms with Gasteiger partial charge in [0.15, 0.2) is 17.1 Å². The van der Waals surface area contributed by atoms with Crippen LogP contribution in [0.25, 0.3) is 0 Å². The highest BCUT2D eigenvalue weighted by atomic mass is 33.1. The highest BCUT2D eigenvalue weighted by Crippen LogP contribution is 2.42. The van der Waals surface area contributed by atoms with Crippen LogP contribution in [0, 0.1) is 23.2 Å². The smallest absolute Gasteiger partial charge is 0.254 e. The number of guanidine groups is 1. The third kappa shape index (κ3) is 22.2. The van der Waals surface area contributed by atoms with E-state index in [1.54, 1.807) is 41.5 Å². The maximum Gasteiger partial charge on any atom is 0.254 e. The number of aliphatic hydroxyl groups excluding tert-OH is 2. The predicted molar refractivity (Wildman–Crippen MR) is 344 cm³/mol.